The Balaban J connectivity index is 3.89. The lowest BCUT2D eigenvalue weighted by molar-refractivity contribution is -0.161. The molecule has 0 radical (unpaired) electrons. The Morgan fingerprint density at radius 3 is 1.25 bits per heavy atom. The topological polar surface area (TPSA) is 119 Å². The van der Waals surface area contributed by atoms with Crippen LogP contribution >= 0.6 is 7.82 Å². The van der Waals surface area contributed by atoms with E-state index in [-0.39, 0.29) is 19.4 Å². The molecule has 56 heavy (non-hydrogen) atoms. The minimum atomic E-state index is -4.76. The Hall–Kier alpha value is -1.99. The molecule has 0 bridgehead atoms. The van der Waals surface area contributed by atoms with Crippen molar-refractivity contribution in [2.45, 2.75) is 225 Å². The van der Waals surface area contributed by atoms with Crippen molar-refractivity contribution in [3.63, 3.8) is 0 Å². The largest absolute Gasteiger partial charge is 0.469 e. The summed E-state index contributed by atoms with van der Waals surface area (Å²) in [5.74, 6) is -0.907. The van der Waals surface area contributed by atoms with Gasteiger partial charge in [-0.25, -0.2) is 4.57 Å². The van der Waals surface area contributed by atoms with Crippen LogP contribution in [0.4, 0.5) is 0 Å². The van der Waals surface area contributed by atoms with Gasteiger partial charge in [0, 0.05) is 12.8 Å². The molecule has 0 aliphatic heterocycles. The van der Waals surface area contributed by atoms with Crippen LogP contribution in [0.3, 0.4) is 0 Å². The lowest BCUT2D eigenvalue weighted by Gasteiger charge is -2.18. The number of phosphoric ester groups is 1. The van der Waals surface area contributed by atoms with E-state index in [4.69, 9.17) is 19.3 Å². The first-order valence-corrected chi connectivity index (χ1v) is 24.5. The molecule has 8 nitrogen and oxygen atoms in total. The maximum absolute atomic E-state index is 12.4. The highest BCUT2D eigenvalue weighted by Gasteiger charge is 2.22. The Morgan fingerprint density at radius 2 is 0.804 bits per heavy atom. The molecular weight excluding hydrogens is 723 g/mol. The van der Waals surface area contributed by atoms with Gasteiger partial charge in [-0.1, -0.05) is 178 Å². The summed E-state index contributed by atoms with van der Waals surface area (Å²) in [5.41, 5.74) is 0. The Kier molecular flexibility index (Phi) is 41.1. The highest BCUT2D eigenvalue weighted by molar-refractivity contribution is 7.46. The third-order valence-corrected chi connectivity index (χ3v) is 10.3. The summed E-state index contributed by atoms with van der Waals surface area (Å²) >= 11 is 0. The predicted octanol–water partition coefficient (Wildman–Crippen LogP) is 14.3. The second-order valence-corrected chi connectivity index (χ2v) is 16.6. The van der Waals surface area contributed by atoms with Crippen LogP contribution in [0.2, 0.25) is 0 Å². The fraction of sp³-hybridized carbons (Fsp3) is 0.787. The summed E-state index contributed by atoms with van der Waals surface area (Å²) in [7, 11) is -4.76. The van der Waals surface area contributed by atoms with Gasteiger partial charge < -0.3 is 19.3 Å². The standard InChI is InChI=1S/C47H85O8P/c1-3-5-7-9-11-13-15-17-19-21-22-23-24-26-27-29-31-33-35-37-39-41-46(48)53-43-45(44-54-56(50,51)52)55-47(49)42-40-38-36-34-32-30-28-25-20-18-16-14-12-10-8-6-4-2/h12,14,17-20,28,30,45H,3-11,13,15-16,21-27,29,31-44H2,1-2H3,(H2,50,51,52)/b14-12-,19-17-,20-18-,30-28-/t45-/m1/s1. The quantitative estimate of drug-likeness (QED) is 0.0271. The van der Waals surface area contributed by atoms with Crippen molar-refractivity contribution in [3.8, 4) is 0 Å². The number of carbonyl (C=O) groups is 2. The molecule has 9 heteroatoms. The van der Waals surface area contributed by atoms with Crippen molar-refractivity contribution >= 4 is 19.8 Å². The number of ether oxygens (including phenoxy) is 2. The van der Waals surface area contributed by atoms with Crippen molar-refractivity contribution in [1.82, 2.24) is 0 Å². The second kappa shape index (κ2) is 42.6. The van der Waals surface area contributed by atoms with Crippen LogP contribution in [0.1, 0.15) is 219 Å². The highest BCUT2D eigenvalue weighted by atomic mass is 31.2. The molecule has 0 aliphatic carbocycles. The van der Waals surface area contributed by atoms with E-state index in [1.165, 1.54) is 128 Å². The fourth-order valence-electron chi connectivity index (χ4n) is 6.38. The van der Waals surface area contributed by atoms with E-state index in [0.29, 0.717) is 6.42 Å². The molecule has 0 rings (SSSR count). The molecule has 0 fully saturated rings. The first kappa shape index (κ1) is 54.0. The van der Waals surface area contributed by atoms with Crippen LogP contribution in [0.15, 0.2) is 48.6 Å². The molecule has 326 valence electrons. The number of hydrogen-bond donors (Lipinski definition) is 2. The average Bonchev–Trinajstić information content (AvgIpc) is 3.17. The molecule has 0 aromatic heterocycles. The zero-order valence-corrected chi connectivity index (χ0v) is 36.9. The summed E-state index contributed by atoms with van der Waals surface area (Å²) in [6.45, 7) is 3.65. The van der Waals surface area contributed by atoms with E-state index in [9.17, 15) is 14.2 Å². The summed E-state index contributed by atoms with van der Waals surface area (Å²) < 4.78 is 26.4. The number of rotatable bonds is 42. The minimum Gasteiger partial charge on any atom is -0.462 e. The number of carbonyl (C=O) groups excluding carboxylic acids is 2. The molecule has 0 saturated carbocycles. The van der Waals surface area contributed by atoms with Crippen LogP contribution in [-0.2, 0) is 28.2 Å². The molecule has 0 aromatic carbocycles. The monoisotopic (exact) mass is 809 g/mol. The third-order valence-electron chi connectivity index (χ3n) is 9.82. The zero-order valence-electron chi connectivity index (χ0n) is 36.0. The summed E-state index contributed by atoms with van der Waals surface area (Å²) in [6, 6.07) is 0. The predicted molar refractivity (Wildman–Crippen MR) is 234 cm³/mol. The first-order chi connectivity index (χ1) is 27.3. The first-order valence-electron chi connectivity index (χ1n) is 22.9. The van der Waals surface area contributed by atoms with Gasteiger partial charge in [0.05, 0.1) is 6.61 Å². The minimum absolute atomic E-state index is 0.186. The van der Waals surface area contributed by atoms with Crippen molar-refractivity contribution in [1.29, 1.82) is 0 Å². The number of unbranched alkanes of at least 4 members (excludes halogenated alkanes) is 24. The maximum atomic E-state index is 12.4. The van der Waals surface area contributed by atoms with E-state index in [1.807, 2.05) is 0 Å². The molecule has 0 spiro atoms. The fourth-order valence-corrected chi connectivity index (χ4v) is 6.74. The summed E-state index contributed by atoms with van der Waals surface area (Å²) in [4.78, 5) is 42.9. The highest BCUT2D eigenvalue weighted by Crippen LogP contribution is 2.36. The van der Waals surface area contributed by atoms with Gasteiger partial charge in [0.25, 0.3) is 0 Å². The van der Waals surface area contributed by atoms with Crippen molar-refractivity contribution in [3.05, 3.63) is 48.6 Å². The molecule has 0 heterocycles. The molecule has 0 amide bonds. The molecule has 0 aliphatic rings. The average molecular weight is 809 g/mol. The Bertz CT molecular complexity index is 1050. The second-order valence-electron chi connectivity index (χ2n) is 15.4. The zero-order chi connectivity index (χ0) is 41.1. The van der Waals surface area contributed by atoms with Crippen LogP contribution in [-0.4, -0.2) is 41.0 Å². The van der Waals surface area contributed by atoms with Crippen molar-refractivity contribution in [2.75, 3.05) is 13.2 Å². The molecular formula is C47H85O8P. The van der Waals surface area contributed by atoms with Gasteiger partial charge in [0.15, 0.2) is 6.10 Å². The van der Waals surface area contributed by atoms with Crippen LogP contribution in [0.25, 0.3) is 0 Å². The van der Waals surface area contributed by atoms with Crippen LogP contribution in [0.5, 0.6) is 0 Å². The maximum Gasteiger partial charge on any atom is 0.469 e. The number of hydrogen-bond acceptors (Lipinski definition) is 6. The van der Waals surface area contributed by atoms with Crippen LogP contribution in [0, 0.1) is 0 Å². The van der Waals surface area contributed by atoms with E-state index in [1.54, 1.807) is 0 Å². The Morgan fingerprint density at radius 1 is 0.464 bits per heavy atom. The Labute approximate surface area is 344 Å². The van der Waals surface area contributed by atoms with Gasteiger partial charge in [-0.15, -0.1) is 0 Å². The lowest BCUT2D eigenvalue weighted by Crippen LogP contribution is -2.29. The molecule has 0 aromatic rings. The van der Waals surface area contributed by atoms with Crippen LogP contribution < -0.4 is 0 Å². The van der Waals surface area contributed by atoms with Crippen molar-refractivity contribution < 1.29 is 37.9 Å². The lowest BCUT2D eigenvalue weighted by atomic mass is 10.0. The molecule has 0 saturated heterocycles. The van der Waals surface area contributed by atoms with Gasteiger partial charge >= 0.3 is 19.8 Å². The molecule has 0 unspecified atom stereocenters. The molecule has 2 N–H and O–H groups in total. The van der Waals surface area contributed by atoms with Crippen molar-refractivity contribution in [2.24, 2.45) is 0 Å². The van der Waals surface area contributed by atoms with Gasteiger partial charge in [-0.05, 0) is 77.0 Å². The third kappa shape index (κ3) is 44.7. The van der Waals surface area contributed by atoms with E-state index in [0.717, 1.165) is 57.8 Å². The van der Waals surface area contributed by atoms with E-state index >= 15 is 0 Å². The van der Waals surface area contributed by atoms with E-state index in [2.05, 4.69) is 67.0 Å². The van der Waals surface area contributed by atoms with E-state index < -0.39 is 32.5 Å². The summed E-state index contributed by atoms with van der Waals surface area (Å²) in [5, 5.41) is 0. The smallest absolute Gasteiger partial charge is 0.462 e. The SMILES string of the molecule is CCCCC/C=C\C/C=C\C/C=C\CCCCCCC(=O)O[C@H](COC(=O)CCCCCCCCCCCCC/C=C\CCCCCCCC)COP(=O)(O)O. The summed E-state index contributed by atoms with van der Waals surface area (Å²) in [6.07, 6.45) is 52.6. The normalized spacial score (nSPS) is 12.9. The number of allylic oxidation sites excluding steroid dienone is 8. The molecule has 1 atom stereocenters. The van der Waals surface area contributed by atoms with Gasteiger partial charge in [-0.3, -0.25) is 14.1 Å². The van der Waals surface area contributed by atoms with Gasteiger partial charge in [-0.2, -0.15) is 0 Å². The number of phosphoric acid groups is 1. The van der Waals surface area contributed by atoms with Gasteiger partial charge in [0.1, 0.15) is 6.61 Å². The number of esters is 2. The van der Waals surface area contributed by atoms with Gasteiger partial charge in [0.2, 0.25) is 0 Å².